The Kier molecular flexibility index (Phi) is 6.61. The summed E-state index contributed by atoms with van der Waals surface area (Å²) in [4.78, 5) is 10.3. The largest absolute Gasteiger partial charge is 0.299 e. The minimum absolute atomic E-state index is 0.290. The van der Waals surface area contributed by atoms with Gasteiger partial charge in [0.25, 0.3) is 0 Å². The second-order valence-corrected chi connectivity index (χ2v) is 6.58. The van der Waals surface area contributed by atoms with Crippen LogP contribution in [0.25, 0.3) is 0 Å². The van der Waals surface area contributed by atoms with Gasteiger partial charge in [0, 0.05) is 0 Å². The van der Waals surface area contributed by atoms with E-state index >= 15 is 0 Å². The van der Waals surface area contributed by atoms with Crippen molar-refractivity contribution in [1.82, 2.24) is 0 Å². The predicted octanol–water partition coefficient (Wildman–Crippen LogP) is 5.72. The fraction of sp³-hybridized carbons (Fsp3) is 0.450. The first-order valence-electron chi connectivity index (χ1n) is 7.72. The lowest BCUT2D eigenvalue weighted by Gasteiger charge is -2.32. The SMILES string of the molecule is CC1=C(/C=C/C(C)=C/C=C/C(C)=[13CH]\[13CH]=O)C(C)(C)CCC1. The normalized spacial score (nSPS) is 20.6. The van der Waals surface area contributed by atoms with E-state index in [1.807, 2.05) is 19.1 Å². The molecule has 0 saturated carbocycles. The fourth-order valence-electron chi connectivity index (χ4n) is 2.80. The maximum atomic E-state index is 10.3. The van der Waals surface area contributed by atoms with Crippen molar-refractivity contribution in [3.63, 3.8) is 0 Å². The van der Waals surface area contributed by atoms with Crippen LogP contribution in [0.3, 0.4) is 0 Å². The molecule has 0 spiro atoms. The van der Waals surface area contributed by atoms with E-state index in [2.05, 4.69) is 45.9 Å². The molecule has 0 aromatic heterocycles. The summed E-state index contributed by atoms with van der Waals surface area (Å²) in [6.45, 7) is 10.9. The Morgan fingerprint density at radius 1 is 1.10 bits per heavy atom. The molecule has 0 N–H and O–H groups in total. The topological polar surface area (TPSA) is 17.1 Å². The fourth-order valence-corrected chi connectivity index (χ4v) is 2.80. The van der Waals surface area contributed by atoms with Crippen LogP contribution in [0.4, 0.5) is 0 Å². The van der Waals surface area contributed by atoms with Crippen molar-refractivity contribution < 1.29 is 4.79 Å². The molecule has 0 fully saturated rings. The minimum Gasteiger partial charge on any atom is -0.299 e. The highest BCUT2D eigenvalue weighted by Gasteiger charge is 2.26. The zero-order chi connectivity index (χ0) is 15.9. The molecular formula is C20H28O. The van der Waals surface area contributed by atoms with Gasteiger partial charge in [-0.1, -0.05) is 55.4 Å². The minimum atomic E-state index is 0.290. The van der Waals surface area contributed by atoms with Crippen molar-refractivity contribution in [2.75, 3.05) is 0 Å². The number of aldehydes is 1. The Hall–Kier alpha value is -1.63. The first-order valence-corrected chi connectivity index (χ1v) is 7.72. The molecule has 21 heavy (non-hydrogen) atoms. The summed E-state index contributed by atoms with van der Waals surface area (Å²) in [5.41, 5.74) is 5.48. The van der Waals surface area contributed by atoms with Crippen LogP contribution in [-0.4, -0.2) is 6.29 Å². The van der Waals surface area contributed by atoms with Crippen LogP contribution in [0.5, 0.6) is 0 Å². The molecule has 0 heterocycles. The number of rotatable bonds is 5. The lowest BCUT2D eigenvalue weighted by atomic mass is 9.72. The number of allylic oxidation sites excluding steroid dienone is 10. The summed E-state index contributed by atoms with van der Waals surface area (Å²) in [5, 5.41) is 0. The zero-order valence-corrected chi connectivity index (χ0v) is 14.1. The maximum Gasteiger partial charge on any atom is 0.143 e. The Bertz CT molecular complexity index is 522. The van der Waals surface area contributed by atoms with Gasteiger partial charge in [-0.05, 0) is 62.7 Å². The van der Waals surface area contributed by atoms with E-state index in [0.717, 1.165) is 11.9 Å². The summed E-state index contributed by atoms with van der Waals surface area (Å²) in [5.74, 6) is 0. The van der Waals surface area contributed by atoms with Crippen molar-refractivity contribution in [2.24, 2.45) is 5.41 Å². The summed E-state index contributed by atoms with van der Waals surface area (Å²) in [6, 6.07) is 0. The molecule has 0 aromatic rings. The number of carbonyl (C=O) groups is 1. The van der Waals surface area contributed by atoms with Crippen LogP contribution in [-0.2, 0) is 4.79 Å². The molecule has 0 radical (unpaired) electrons. The van der Waals surface area contributed by atoms with Gasteiger partial charge in [-0.3, -0.25) is 4.79 Å². The molecular weight excluding hydrogens is 258 g/mol. The lowest BCUT2D eigenvalue weighted by Crippen LogP contribution is -2.19. The molecule has 1 aliphatic carbocycles. The van der Waals surface area contributed by atoms with E-state index < -0.39 is 0 Å². The van der Waals surface area contributed by atoms with Crippen molar-refractivity contribution in [2.45, 2.75) is 53.9 Å². The van der Waals surface area contributed by atoms with Gasteiger partial charge in [0.1, 0.15) is 6.29 Å². The zero-order valence-electron chi connectivity index (χ0n) is 14.1. The number of hydrogen-bond acceptors (Lipinski definition) is 1. The third kappa shape index (κ3) is 5.71. The Balaban J connectivity index is 2.80. The maximum absolute atomic E-state index is 10.3. The first kappa shape index (κ1) is 17.4. The van der Waals surface area contributed by atoms with Crippen molar-refractivity contribution in [1.29, 1.82) is 0 Å². The van der Waals surface area contributed by atoms with Crippen LogP contribution in [0.15, 0.2) is 58.7 Å². The number of hydrogen-bond donors (Lipinski definition) is 0. The summed E-state index contributed by atoms with van der Waals surface area (Å²) in [7, 11) is 0. The average Bonchev–Trinajstić information content (AvgIpc) is 2.37. The summed E-state index contributed by atoms with van der Waals surface area (Å²) < 4.78 is 0. The Morgan fingerprint density at radius 3 is 2.38 bits per heavy atom. The molecule has 114 valence electrons. The van der Waals surface area contributed by atoms with Crippen LogP contribution in [0.2, 0.25) is 0 Å². The van der Waals surface area contributed by atoms with E-state index in [9.17, 15) is 4.79 Å². The smallest absolute Gasteiger partial charge is 0.143 e. The van der Waals surface area contributed by atoms with Crippen LogP contribution in [0, 0.1) is 5.41 Å². The van der Waals surface area contributed by atoms with Gasteiger partial charge in [0.15, 0.2) is 0 Å². The molecule has 1 rings (SSSR count). The molecule has 0 aliphatic heterocycles. The van der Waals surface area contributed by atoms with Crippen molar-refractivity contribution in [3.8, 4) is 0 Å². The van der Waals surface area contributed by atoms with Crippen molar-refractivity contribution >= 4 is 6.29 Å². The van der Waals surface area contributed by atoms with Gasteiger partial charge in [-0.2, -0.15) is 0 Å². The predicted molar refractivity (Wildman–Crippen MR) is 92.2 cm³/mol. The second kappa shape index (κ2) is 7.97. The monoisotopic (exact) mass is 286 g/mol. The molecule has 0 unspecified atom stereocenters. The Morgan fingerprint density at radius 2 is 1.76 bits per heavy atom. The quantitative estimate of drug-likeness (QED) is 0.273. The van der Waals surface area contributed by atoms with E-state index in [-0.39, 0.29) is 5.41 Å². The second-order valence-electron chi connectivity index (χ2n) is 6.58. The standard InChI is InChI=1S/C20H28O/c1-16(8-6-9-17(2)13-15-21)11-12-19-18(3)10-7-14-20(19,4)5/h6,8-9,11-13,15H,7,10,14H2,1-5H3/b9-6+,12-11+,16-8+,17-13-/i13+1,15+1. The van der Waals surface area contributed by atoms with E-state index in [1.165, 1.54) is 36.0 Å². The first-order chi connectivity index (χ1) is 9.86. The van der Waals surface area contributed by atoms with Gasteiger partial charge in [-0.15, -0.1) is 0 Å². The molecule has 0 amide bonds. The van der Waals surface area contributed by atoms with Gasteiger partial charge >= 0.3 is 0 Å². The van der Waals surface area contributed by atoms with Gasteiger partial charge in [0.2, 0.25) is 0 Å². The van der Waals surface area contributed by atoms with Crippen LogP contribution in [0.1, 0.15) is 53.9 Å². The number of carbonyl (C=O) groups excluding carboxylic acids is 1. The molecule has 0 atom stereocenters. The van der Waals surface area contributed by atoms with Crippen LogP contribution >= 0.6 is 0 Å². The molecule has 1 aliphatic rings. The molecule has 0 aromatic carbocycles. The van der Waals surface area contributed by atoms with Crippen LogP contribution < -0.4 is 0 Å². The third-order valence-corrected chi connectivity index (χ3v) is 4.10. The highest BCUT2D eigenvalue weighted by Crippen LogP contribution is 2.40. The van der Waals surface area contributed by atoms with Gasteiger partial charge in [0.05, 0.1) is 0 Å². The van der Waals surface area contributed by atoms with Gasteiger partial charge in [-0.25, -0.2) is 0 Å². The highest BCUT2D eigenvalue weighted by molar-refractivity contribution is 5.66. The van der Waals surface area contributed by atoms with E-state index in [0.29, 0.717) is 0 Å². The molecule has 1 heteroatoms. The molecule has 1 nitrogen and oxygen atoms in total. The van der Waals surface area contributed by atoms with E-state index in [1.54, 1.807) is 6.08 Å². The average molecular weight is 286 g/mol. The lowest BCUT2D eigenvalue weighted by molar-refractivity contribution is -0.104. The third-order valence-electron chi connectivity index (χ3n) is 4.10. The van der Waals surface area contributed by atoms with Crippen molar-refractivity contribution in [3.05, 3.63) is 58.7 Å². The summed E-state index contributed by atoms with van der Waals surface area (Å²) >= 11 is 0. The summed E-state index contributed by atoms with van der Waals surface area (Å²) in [6.07, 6.45) is 16.6. The molecule has 0 saturated heterocycles. The molecule has 0 bridgehead atoms. The Labute approximate surface area is 129 Å². The van der Waals surface area contributed by atoms with E-state index in [4.69, 9.17) is 0 Å². The highest BCUT2D eigenvalue weighted by atomic mass is 16.2. The van der Waals surface area contributed by atoms with Gasteiger partial charge < -0.3 is 0 Å².